The van der Waals surface area contributed by atoms with Gasteiger partial charge in [0.15, 0.2) is 0 Å². The fourth-order valence-corrected chi connectivity index (χ4v) is 2.69. The van der Waals surface area contributed by atoms with Crippen LogP contribution in [0.3, 0.4) is 0 Å². The minimum atomic E-state index is -1.07. The molecule has 0 saturated heterocycles. The third-order valence-electron chi connectivity index (χ3n) is 3.60. The Morgan fingerprint density at radius 3 is 2.60 bits per heavy atom. The van der Waals surface area contributed by atoms with Crippen molar-refractivity contribution in [3.63, 3.8) is 0 Å². The fraction of sp³-hybridized carbons (Fsp3) is 0.429. The number of rotatable bonds is 4. The zero-order chi connectivity index (χ0) is 14.8. The van der Waals surface area contributed by atoms with Gasteiger partial charge in [-0.3, -0.25) is 4.79 Å². The largest absolute Gasteiger partial charge is 0.478 e. The fourth-order valence-electron chi connectivity index (χ4n) is 2.52. The molecule has 0 heterocycles. The molecular formula is C14H17ClN2O3. The molecule has 0 aromatic heterocycles. The van der Waals surface area contributed by atoms with E-state index >= 15 is 0 Å². The van der Waals surface area contributed by atoms with E-state index < -0.39 is 11.5 Å². The first-order valence-corrected chi connectivity index (χ1v) is 6.89. The second kappa shape index (κ2) is 5.81. The molecule has 2 rings (SSSR count). The standard InChI is InChI=1S/C14H17ClN2O3/c15-10-4-3-9(13(19)20)7-11(10)17-12(18)8-14(16)5-1-2-6-14/h3-4,7H,1-2,5-6,8,16H2,(H,17,18)(H,19,20). The SMILES string of the molecule is NC1(CC(=O)Nc2cc(C(=O)O)ccc2Cl)CCCC1. The van der Waals surface area contributed by atoms with Gasteiger partial charge in [0.25, 0.3) is 0 Å². The van der Waals surface area contributed by atoms with Crippen molar-refractivity contribution in [3.05, 3.63) is 28.8 Å². The first-order chi connectivity index (χ1) is 9.39. The van der Waals surface area contributed by atoms with Gasteiger partial charge in [-0.05, 0) is 31.0 Å². The Labute approximate surface area is 122 Å². The number of amides is 1. The van der Waals surface area contributed by atoms with E-state index in [0.717, 1.165) is 25.7 Å². The smallest absolute Gasteiger partial charge is 0.335 e. The summed E-state index contributed by atoms with van der Waals surface area (Å²) in [6.07, 6.45) is 3.98. The highest BCUT2D eigenvalue weighted by molar-refractivity contribution is 6.33. The topological polar surface area (TPSA) is 92.4 Å². The summed E-state index contributed by atoms with van der Waals surface area (Å²) in [6.45, 7) is 0. The molecule has 108 valence electrons. The molecule has 0 bridgehead atoms. The van der Waals surface area contributed by atoms with Gasteiger partial charge in [0.05, 0.1) is 16.3 Å². The van der Waals surface area contributed by atoms with E-state index in [2.05, 4.69) is 5.32 Å². The molecule has 1 aliphatic rings. The van der Waals surface area contributed by atoms with Gasteiger partial charge in [0.2, 0.25) is 5.91 Å². The van der Waals surface area contributed by atoms with E-state index in [4.69, 9.17) is 22.4 Å². The molecule has 1 aromatic rings. The average Bonchev–Trinajstić information content (AvgIpc) is 2.78. The number of anilines is 1. The molecule has 1 amide bonds. The van der Waals surface area contributed by atoms with Gasteiger partial charge in [0, 0.05) is 12.0 Å². The van der Waals surface area contributed by atoms with E-state index in [-0.39, 0.29) is 17.9 Å². The summed E-state index contributed by atoms with van der Waals surface area (Å²) in [5.74, 6) is -1.30. The summed E-state index contributed by atoms with van der Waals surface area (Å²) < 4.78 is 0. The van der Waals surface area contributed by atoms with Crippen LogP contribution in [0.5, 0.6) is 0 Å². The number of carboxylic acids is 1. The monoisotopic (exact) mass is 296 g/mol. The number of aromatic carboxylic acids is 1. The van der Waals surface area contributed by atoms with Crippen LogP contribution in [0.2, 0.25) is 5.02 Å². The number of carboxylic acid groups (broad SMARTS) is 1. The lowest BCUT2D eigenvalue weighted by Crippen LogP contribution is -2.40. The van der Waals surface area contributed by atoms with Gasteiger partial charge in [-0.15, -0.1) is 0 Å². The Hall–Kier alpha value is -1.59. The zero-order valence-electron chi connectivity index (χ0n) is 11.0. The quantitative estimate of drug-likeness (QED) is 0.796. The van der Waals surface area contributed by atoms with Crippen molar-refractivity contribution in [1.82, 2.24) is 0 Å². The summed E-state index contributed by atoms with van der Waals surface area (Å²) in [5, 5.41) is 11.9. The van der Waals surface area contributed by atoms with E-state index in [1.807, 2.05) is 0 Å². The maximum absolute atomic E-state index is 12.0. The van der Waals surface area contributed by atoms with Crippen molar-refractivity contribution < 1.29 is 14.7 Å². The number of carbonyl (C=O) groups is 2. The highest BCUT2D eigenvalue weighted by Crippen LogP contribution is 2.31. The van der Waals surface area contributed by atoms with Crippen molar-refractivity contribution in [2.45, 2.75) is 37.6 Å². The predicted molar refractivity (Wildman–Crippen MR) is 77.0 cm³/mol. The van der Waals surface area contributed by atoms with Crippen LogP contribution in [0.25, 0.3) is 0 Å². The van der Waals surface area contributed by atoms with Crippen molar-refractivity contribution in [3.8, 4) is 0 Å². The molecule has 0 atom stereocenters. The highest BCUT2D eigenvalue weighted by atomic mass is 35.5. The summed E-state index contributed by atoms with van der Waals surface area (Å²) in [4.78, 5) is 22.9. The van der Waals surface area contributed by atoms with Crippen molar-refractivity contribution in [2.75, 3.05) is 5.32 Å². The molecule has 0 aliphatic heterocycles. The molecule has 0 spiro atoms. The molecule has 0 radical (unpaired) electrons. The predicted octanol–water partition coefficient (Wildman–Crippen LogP) is 2.64. The van der Waals surface area contributed by atoms with Gasteiger partial charge in [-0.1, -0.05) is 24.4 Å². The molecule has 1 fully saturated rings. The summed E-state index contributed by atoms with van der Waals surface area (Å²) >= 11 is 5.96. The van der Waals surface area contributed by atoms with Crippen molar-refractivity contribution in [1.29, 1.82) is 0 Å². The normalized spacial score (nSPS) is 16.9. The Bertz CT molecular complexity index is 539. The molecule has 1 saturated carbocycles. The van der Waals surface area contributed by atoms with Gasteiger partial charge in [-0.25, -0.2) is 4.79 Å². The maximum Gasteiger partial charge on any atom is 0.335 e. The first kappa shape index (κ1) is 14.8. The molecule has 1 aliphatic carbocycles. The van der Waals surface area contributed by atoms with E-state index in [1.165, 1.54) is 18.2 Å². The molecular weight excluding hydrogens is 280 g/mol. The minimum Gasteiger partial charge on any atom is -0.478 e. The Morgan fingerprint density at radius 2 is 2.00 bits per heavy atom. The molecule has 4 N–H and O–H groups in total. The van der Waals surface area contributed by atoms with E-state index in [9.17, 15) is 9.59 Å². The van der Waals surface area contributed by atoms with Gasteiger partial charge in [-0.2, -0.15) is 0 Å². The Morgan fingerprint density at radius 1 is 1.35 bits per heavy atom. The van der Waals surface area contributed by atoms with Gasteiger partial charge < -0.3 is 16.2 Å². The van der Waals surface area contributed by atoms with Crippen molar-refractivity contribution in [2.24, 2.45) is 5.73 Å². The van der Waals surface area contributed by atoms with Crippen LogP contribution in [-0.2, 0) is 4.79 Å². The summed E-state index contributed by atoms with van der Waals surface area (Å²) in [5.41, 5.74) is 6.08. The third kappa shape index (κ3) is 3.49. The molecule has 1 aromatic carbocycles. The maximum atomic E-state index is 12.0. The molecule has 20 heavy (non-hydrogen) atoms. The first-order valence-electron chi connectivity index (χ1n) is 6.51. The van der Waals surface area contributed by atoms with Crippen molar-refractivity contribution >= 4 is 29.2 Å². The number of carbonyl (C=O) groups excluding carboxylic acids is 1. The van der Waals surface area contributed by atoms with E-state index in [1.54, 1.807) is 0 Å². The van der Waals surface area contributed by atoms with E-state index in [0.29, 0.717) is 10.7 Å². The molecule has 6 heteroatoms. The number of nitrogens with two attached hydrogens (primary N) is 1. The Balaban J connectivity index is 2.07. The molecule has 5 nitrogen and oxygen atoms in total. The van der Waals surface area contributed by atoms with Crippen LogP contribution >= 0.6 is 11.6 Å². The van der Waals surface area contributed by atoms with Crippen LogP contribution in [0, 0.1) is 0 Å². The van der Waals surface area contributed by atoms with Crippen LogP contribution in [0.4, 0.5) is 5.69 Å². The molecule has 0 unspecified atom stereocenters. The lowest BCUT2D eigenvalue weighted by Gasteiger charge is -2.22. The third-order valence-corrected chi connectivity index (χ3v) is 3.93. The Kier molecular flexibility index (Phi) is 4.30. The average molecular weight is 297 g/mol. The highest BCUT2D eigenvalue weighted by Gasteiger charge is 2.31. The van der Waals surface area contributed by atoms with Crippen LogP contribution in [0.1, 0.15) is 42.5 Å². The lowest BCUT2D eigenvalue weighted by molar-refractivity contribution is -0.117. The second-order valence-electron chi connectivity index (χ2n) is 5.29. The number of halogens is 1. The van der Waals surface area contributed by atoms with Crippen LogP contribution < -0.4 is 11.1 Å². The number of hydrogen-bond acceptors (Lipinski definition) is 3. The van der Waals surface area contributed by atoms with Crippen LogP contribution in [0.15, 0.2) is 18.2 Å². The number of benzene rings is 1. The van der Waals surface area contributed by atoms with Crippen LogP contribution in [-0.4, -0.2) is 22.5 Å². The zero-order valence-corrected chi connectivity index (χ0v) is 11.7. The second-order valence-corrected chi connectivity index (χ2v) is 5.70. The van der Waals surface area contributed by atoms with Gasteiger partial charge >= 0.3 is 5.97 Å². The number of nitrogens with one attached hydrogen (secondary N) is 1. The lowest BCUT2D eigenvalue weighted by atomic mass is 9.94. The van der Waals surface area contributed by atoms with Gasteiger partial charge in [0.1, 0.15) is 0 Å². The minimum absolute atomic E-state index is 0.0769. The number of hydrogen-bond donors (Lipinski definition) is 3. The summed E-state index contributed by atoms with van der Waals surface area (Å²) in [6, 6.07) is 4.19. The summed E-state index contributed by atoms with van der Waals surface area (Å²) in [7, 11) is 0.